The smallest absolute Gasteiger partial charge is 0.336 e. The number of nitro groups is 1. The molecule has 30 heavy (non-hydrogen) atoms. The van der Waals surface area contributed by atoms with E-state index in [0.717, 1.165) is 6.42 Å². The summed E-state index contributed by atoms with van der Waals surface area (Å²) in [7, 11) is 0. The number of benzene rings is 1. The van der Waals surface area contributed by atoms with Gasteiger partial charge < -0.3 is 14.2 Å². The molecule has 2 unspecified atom stereocenters. The molecule has 0 aliphatic carbocycles. The summed E-state index contributed by atoms with van der Waals surface area (Å²) in [6.07, 6.45) is 2.26. The van der Waals surface area contributed by atoms with Crippen molar-refractivity contribution in [3.8, 4) is 0 Å². The van der Waals surface area contributed by atoms with Gasteiger partial charge in [0.05, 0.1) is 23.7 Å². The third kappa shape index (κ3) is 5.73. The summed E-state index contributed by atoms with van der Waals surface area (Å²) in [6, 6.07) is 5.84. The van der Waals surface area contributed by atoms with Gasteiger partial charge in [-0.1, -0.05) is 19.1 Å². The van der Waals surface area contributed by atoms with Crippen LogP contribution in [0.3, 0.4) is 0 Å². The van der Waals surface area contributed by atoms with Crippen LogP contribution in [-0.2, 0) is 23.8 Å². The Morgan fingerprint density at radius 2 is 1.93 bits per heavy atom. The first-order chi connectivity index (χ1) is 14.4. The van der Waals surface area contributed by atoms with E-state index >= 15 is 0 Å². The molecule has 1 aliphatic rings. The van der Waals surface area contributed by atoms with Crippen LogP contribution in [0.25, 0.3) is 0 Å². The fourth-order valence-corrected chi connectivity index (χ4v) is 3.19. The Morgan fingerprint density at radius 1 is 1.17 bits per heavy atom. The minimum atomic E-state index is -0.908. The molecule has 1 aromatic carbocycles. The number of aliphatic imine (C=N–C) groups is 1. The molecule has 2 atom stereocenters. The van der Waals surface area contributed by atoms with Crippen LogP contribution in [-0.4, -0.2) is 49.5 Å². The topological polar surface area (TPSA) is 117 Å². The number of hydrogen-bond donors (Lipinski definition) is 0. The average molecular weight is 418 g/mol. The van der Waals surface area contributed by atoms with Crippen LogP contribution in [0.4, 0.5) is 5.69 Å². The molecule has 0 saturated carbocycles. The van der Waals surface area contributed by atoms with Crippen LogP contribution in [0.15, 0.2) is 40.5 Å². The van der Waals surface area contributed by atoms with Crippen molar-refractivity contribution in [3.63, 3.8) is 0 Å². The monoisotopic (exact) mass is 418 g/mol. The quantitative estimate of drug-likeness (QED) is 0.248. The highest BCUT2D eigenvalue weighted by Gasteiger charge is 2.40. The molecule has 0 radical (unpaired) electrons. The molecule has 0 amide bonds. The number of allylic oxidation sites excluding steroid dienone is 1. The summed E-state index contributed by atoms with van der Waals surface area (Å²) in [5.41, 5.74) is 0.843. The summed E-state index contributed by atoms with van der Waals surface area (Å²) >= 11 is 0. The second-order valence-electron chi connectivity index (χ2n) is 6.63. The van der Waals surface area contributed by atoms with Crippen molar-refractivity contribution >= 4 is 23.8 Å². The first-order valence-corrected chi connectivity index (χ1v) is 9.81. The Labute approximate surface area is 174 Å². The Hall–Kier alpha value is -3.07. The molecule has 9 heteroatoms. The Bertz CT molecular complexity index is 848. The van der Waals surface area contributed by atoms with Gasteiger partial charge in [-0.05, 0) is 25.8 Å². The average Bonchev–Trinajstić information content (AvgIpc) is 2.73. The van der Waals surface area contributed by atoms with E-state index in [0.29, 0.717) is 17.9 Å². The summed E-state index contributed by atoms with van der Waals surface area (Å²) in [5, 5.41) is 11.2. The second kappa shape index (κ2) is 11.2. The van der Waals surface area contributed by atoms with Gasteiger partial charge in [0.25, 0.3) is 5.69 Å². The van der Waals surface area contributed by atoms with E-state index in [1.165, 1.54) is 24.4 Å². The van der Waals surface area contributed by atoms with E-state index < -0.39 is 28.7 Å². The third-order valence-corrected chi connectivity index (χ3v) is 4.52. The molecule has 1 aromatic rings. The molecular weight excluding hydrogens is 392 g/mol. The molecule has 0 spiro atoms. The minimum absolute atomic E-state index is 0.0467. The number of carbonyl (C=O) groups is 2. The highest BCUT2D eigenvalue weighted by atomic mass is 16.6. The van der Waals surface area contributed by atoms with Crippen molar-refractivity contribution in [1.82, 2.24) is 0 Å². The molecular formula is C21H26N2O7. The van der Waals surface area contributed by atoms with Crippen molar-refractivity contribution in [2.75, 3.05) is 26.4 Å². The molecule has 162 valence electrons. The van der Waals surface area contributed by atoms with Gasteiger partial charge in [0, 0.05) is 36.6 Å². The van der Waals surface area contributed by atoms with Crippen LogP contribution < -0.4 is 0 Å². The molecule has 1 aliphatic heterocycles. The first-order valence-electron chi connectivity index (χ1n) is 9.81. The third-order valence-electron chi connectivity index (χ3n) is 4.52. The van der Waals surface area contributed by atoms with Crippen LogP contribution in [0.5, 0.6) is 0 Å². The number of hydrogen-bond acceptors (Lipinski definition) is 8. The lowest BCUT2D eigenvalue weighted by Crippen LogP contribution is -2.33. The number of carbonyl (C=O) groups excluding carboxylic acids is 2. The lowest BCUT2D eigenvalue weighted by atomic mass is 9.78. The standard InChI is InChI=1S/C21H26N2O7/c1-4-9-28-10-11-30-21(25)18-14(3)22-13-17(20(24)29-5-2)19(18)15-7-6-8-16(12-15)23(26)27/h6-8,12-13,17,19H,4-5,9-11H2,1-3H3. The molecule has 2 rings (SSSR count). The van der Waals surface area contributed by atoms with E-state index in [4.69, 9.17) is 14.2 Å². The highest BCUT2D eigenvalue weighted by Crippen LogP contribution is 2.39. The number of nitro benzene ring substituents is 1. The normalized spacial score (nSPS) is 18.2. The molecule has 0 aromatic heterocycles. The van der Waals surface area contributed by atoms with Crippen LogP contribution in [0, 0.1) is 16.0 Å². The summed E-state index contributed by atoms with van der Waals surface area (Å²) in [5.74, 6) is -2.93. The van der Waals surface area contributed by atoms with Gasteiger partial charge in [-0.15, -0.1) is 0 Å². The van der Waals surface area contributed by atoms with E-state index in [-0.39, 0.29) is 31.1 Å². The zero-order valence-corrected chi connectivity index (χ0v) is 17.3. The molecule has 0 saturated heterocycles. The maximum Gasteiger partial charge on any atom is 0.336 e. The minimum Gasteiger partial charge on any atom is -0.465 e. The Balaban J connectivity index is 2.38. The summed E-state index contributed by atoms with van der Waals surface area (Å²) < 4.78 is 15.8. The molecule has 0 fully saturated rings. The van der Waals surface area contributed by atoms with Crippen LogP contribution >= 0.6 is 0 Å². The molecule has 1 heterocycles. The van der Waals surface area contributed by atoms with Crippen LogP contribution in [0.1, 0.15) is 38.7 Å². The SMILES string of the molecule is CCCOCCOC(=O)C1=C(C)N=CC(C(=O)OCC)C1c1cccc([N+](=O)[O-])c1. The van der Waals surface area contributed by atoms with Gasteiger partial charge in [-0.3, -0.25) is 19.9 Å². The second-order valence-corrected chi connectivity index (χ2v) is 6.63. The first kappa shape index (κ1) is 23.2. The van der Waals surface area contributed by atoms with Gasteiger partial charge in [0.2, 0.25) is 0 Å². The summed E-state index contributed by atoms with van der Waals surface area (Å²) in [4.78, 5) is 40.3. The number of ether oxygens (including phenoxy) is 3. The lowest BCUT2D eigenvalue weighted by Gasteiger charge is -2.28. The van der Waals surface area contributed by atoms with Crippen LogP contribution in [0.2, 0.25) is 0 Å². The maximum absolute atomic E-state index is 12.9. The number of non-ortho nitro benzene ring substituents is 1. The van der Waals surface area contributed by atoms with Crippen molar-refractivity contribution in [2.24, 2.45) is 10.9 Å². The van der Waals surface area contributed by atoms with Crippen molar-refractivity contribution in [1.29, 1.82) is 0 Å². The zero-order valence-electron chi connectivity index (χ0n) is 17.3. The number of nitrogens with zero attached hydrogens (tertiary/aromatic N) is 2. The molecule has 0 bridgehead atoms. The van der Waals surface area contributed by atoms with Crippen molar-refractivity contribution < 1.29 is 28.7 Å². The van der Waals surface area contributed by atoms with Crippen molar-refractivity contribution in [2.45, 2.75) is 33.1 Å². The number of rotatable bonds is 10. The lowest BCUT2D eigenvalue weighted by molar-refractivity contribution is -0.384. The van der Waals surface area contributed by atoms with Gasteiger partial charge >= 0.3 is 11.9 Å². The zero-order chi connectivity index (χ0) is 22.1. The van der Waals surface area contributed by atoms with E-state index in [1.807, 2.05) is 6.92 Å². The van der Waals surface area contributed by atoms with Gasteiger partial charge in [0.15, 0.2) is 0 Å². The van der Waals surface area contributed by atoms with E-state index in [2.05, 4.69) is 4.99 Å². The predicted molar refractivity (Wildman–Crippen MR) is 109 cm³/mol. The largest absolute Gasteiger partial charge is 0.465 e. The Kier molecular flexibility index (Phi) is 8.67. The van der Waals surface area contributed by atoms with Gasteiger partial charge in [0.1, 0.15) is 12.5 Å². The highest BCUT2D eigenvalue weighted by molar-refractivity contribution is 5.99. The predicted octanol–water partition coefficient (Wildman–Crippen LogP) is 3.19. The van der Waals surface area contributed by atoms with Gasteiger partial charge in [-0.2, -0.15) is 0 Å². The molecule has 9 nitrogen and oxygen atoms in total. The maximum atomic E-state index is 12.9. The fourth-order valence-electron chi connectivity index (χ4n) is 3.19. The van der Waals surface area contributed by atoms with E-state index in [1.54, 1.807) is 19.9 Å². The van der Waals surface area contributed by atoms with Crippen molar-refractivity contribution in [3.05, 3.63) is 51.2 Å². The fraction of sp³-hybridized carbons (Fsp3) is 0.476. The summed E-state index contributed by atoms with van der Waals surface area (Å²) in [6.45, 7) is 6.29. The number of esters is 2. The molecule has 0 N–H and O–H groups in total. The Morgan fingerprint density at radius 3 is 2.60 bits per heavy atom. The van der Waals surface area contributed by atoms with E-state index in [9.17, 15) is 19.7 Å². The van der Waals surface area contributed by atoms with Gasteiger partial charge in [-0.25, -0.2) is 4.79 Å².